The molecule has 2 aliphatic rings. The summed E-state index contributed by atoms with van der Waals surface area (Å²) in [5.74, 6) is -0.681. The lowest BCUT2D eigenvalue weighted by Gasteiger charge is -2.22. The third-order valence-electron chi connectivity index (χ3n) is 3.39. The van der Waals surface area contributed by atoms with Gasteiger partial charge in [0.25, 0.3) is 0 Å². The van der Waals surface area contributed by atoms with Crippen LogP contribution in [0.3, 0.4) is 0 Å². The van der Waals surface area contributed by atoms with Crippen molar-refractivity contribution < 1.29 is 19.0 Å². The van der Waals surface area contributed by atoms with Crippen molar-refractivity contribution in [1.29, 1.82) is 0 Å². The highest BCUT2D eigenvalue weighted by atomic mass is 16.7. The van der Waals surface area contributed by atoms with Crippen molar-refractivity contribution in [3.8, 4) is 5.75 Å². The van der Waals surface area contributed by atoms with Crippen LogP contribution < -0.4 is 4.74 Å². The normalized spacial score (nSPS) is 30.5. The number of esters is 1. The van der Waals surface area contributed by atoms with Crippen LogP contribution in [0.2, 0.25) is 0 Å². The maximum atomic E-state index is 11.9. The van der Waals surface area contributed by atoms with Crippen molar-refractivity contribution in [3.63, 3.8) is 0 Å². The van der Waals surface area contributed by atoms with Crippen LogP contribution in [0.15, 0.2) is 18.2 Å². The van der Waals surface area contributed by atoms with Crippen LogP contribution in [0, 0.1) is 0 Å². The van der Waals surface area contributed by atoms with E-state index in [-0.39, 0.29) is 12.1 Å². The van der Waals surface area contributed by atoms with Crippen LogP contribution in [0.1, 0.15) is 35.7 Å². The number of carbonyl (C=O) groups excluding carboxylic acids is 1. The van der Waals surface area contributed by atoms with E-state index in [4.69, 9.17) is 14.2 Å². The number of methoxy groups -OCH3 is 1. The molecule has 2 unspecified atom stereocenters. The predicted molar refractivity (Wildman–Crippen MR) is 59.9 cm³/mol. The summed E-state index contributed by atoms with van der Waals surface area (Å²) in [4.78, 5) is 11.9. The van der Waals surface area contributed by atoms with Crippen molar-refractivity contribution in [2.75, 3.05) is 7.11 Å². The minimum atomic E-state index is -0.875. The van der Waals surface area contributed by atoms with Crippen LogP contribution in [-0.2, 0) is 15.3 Å². The first-order valence-electron chi connectivity index (χ1n) is 5.75. The van der Waals surface area contributed by atoms with Gasteiger partial charge < -0.3 is 14.2 Å². The van der Waals surface area contributed by atoms with Gasteiger partial charge in [0, 0.05) is 12.0 Å². The van der Waals surface area contributed by atoms with E-state index < -0.39 is 5.79 Å². The molecule has 90 valence electrons. The highest BCUT2D eigenvalue weighted by Gasteiger charge is 2.52. The molecule has 4 nitrogen and oxygen atoms in total. The molecule has 2 aliphatic heterocycles. The van der Waals surface area contributed by atoms with Crippen molar-refractivity contribution in [3.05, 3.63) is 29.3 Å². The summed E-state index contributed by atoms with van der Waals surface area (Å²) in [6.07, 6.45) is 1.71. The molecule has 17 heavy (non-hydrogen) atoms. The van der Waals surface area contributed by atoms with Gasteiger partial charge in [-0.25, -0.2) is 4.79 Å². The van der Waals surface area contributed by atoms with E-state index in [1.165, 1.54) is 0 Å². The van der Waals surface area contributed by atoms with E-state index in [2.05, 4.69) is 0 Å². The molecular weight excluding hydrogens is 220 g/mol. The van der Waals surface area contributed by atoms with E-state index in [1.807, 2.05) is 19.1 Å². The van der Waals surface area contributed by atoms with Crippen molar-refractivity contribution in [2.45, 2.75) is 31.7 Å². The number of rotatable bonds is 1. The number of benzene rings is 1. The zero-order chi connectivity index (χ0) is 12.0. The van der Waals surface area contributed by atoms with Gasteiger partial charge in [-0.15, -0.1) is 0 Å². The fraction of sp³-hybridized carbons (Fsp3) is 0.462. The third kappa shape index (κ3) is 1.37. The van der Waals surface area contributed by atoms with Gasteiger partial charge in [-0.2, -0.15) is 0 Å². The van der Waals surface area contributed by atoms with Gasteiger partial charge in [-0.05, 0) is 19.4 Å². The Morgan fingerprint density at radius 2 is 2.29 bits per heavy atom. The molecule has 2 atom stereocenters. The summed E-state index contributed by atoms with van der Waals surface area (Å²) in [6, 6.07) is 5.49. The smallest absolute Gasteiger partial charge is 0.345 e. The fourth-order valence-corrected chi connectivity index (χ4v) is 2.59. The molecule has 0 bridgehead atoms. The average Bonchev–Trinajstić information content (AvgIpc) is 2.82. The Bertz CT molecular complexity index is 482. The summed E-state index contributed by atoms with van der Waals surface area (Å²) in [7, 11) is 1.55. The monoisotopic (exact) mass is 234 g/mol. The van der Waals surface area contributed by atoms with E-state index >= 15 is 0 Å². The van der Waals surface area contributed by atoms with Crippen LogP contribution in [0.4, 0.5) is 0 Å². The lowest BCUT2D eigenvalue weighted by atomic mass is 9.99. The number of carbonyl (C=O) groups is 1. The van der Waals surface area contributed by atoms with Crippen LogP contribution in [0.5, 0.6) is 5.75 Å². The maximum absolute atomic E-state index is 11.9. The minimum absolute atomic E-state index is 0.111. The summed E-state index contributed by atoms with van der Waals surface area (Å²) in [5.41, 5.74) is 1.30. The summed E-state index contributed by atoms with van der Waals surface area (Å²) in [5, 5.41) is 0. The van der Waals surface area contributed by atoms with Crippen molar-refractivity contribution in [1.82, 2.24) is 0 Å². The van der Waals surface area contributed by atoms with Gasteiger partial charge in [0.15, 0.2) is 0 Å². The molecule has 0 aliphatic carbocycles. The number of hydrogen-bond donors (Lipinski definition) is 0. The van der Waals surface area contributed by atoms with Gasteiger partial charge >= 0.3 is 5.97 Å². The van der Waals surface area contributed by atoms with Gasteiger partial charge in [-0.1, -0.05) is 12.1 Å². The largest absolute Gasteiger partial charge is 0.496 e. The lowest BCUT2D eigenvalue weighted by molar-refractivity contribution is -0.189. The summed E-state index contributed by atoms with van der Waals surface area (Å²) < 4.78 is 16.5. The average molecular weight is 234 g/mol. The summed E-state index contributed by atoms with van der Waals surface area (Å²) >= 11 is 0. The zero-order valence-corrected chi connectivity index (χ0v) is 9.86. The Hall–Kier alpha value is -1.55. The first kappa shape index (κ1) is 10.6. The SMILES string of the molecule is COc1cccc2c1C(=O)OC21CCC(C)O1. The molecule has 1 saturated heterocycles. The second-order valence-electron chi connectivity index (χ2n) is 4.49. The van der Waals surface area contributed by atoms with E-state index in [1.54, 1.807) is 13.2 Å². The highest BCUT2D eigenvalue weighted by Crippen LogP contribution is 2.48. The van der Waals surface area contributed by atoms with Crippen molar-refractivity contribution in [2.24, 2.45) is 0 Å². The highest BCUT2D eigenvalue weighted by molar-refractivity contribution is 5.97. The Morgan fingerprint density at radius 3 is 2.94 bits per heavy atom. The first-order valence-corrected chi connectivity index (χ1v) is 5.75. The molecule has 0 saturated carbocycles. The quantitative estimate of drug-likeness (QED) is 0.699. The molecule has 0 N–H and O–H groups in total. The lowest BCUT2D eigenvalue weighted by Crippen LogP contribution is -2.25. The second-order valence-corrected chi connectivity index (χ2v) is 4.49. The van der Waals surface area contributed by atoms with Crippen LogP contribution in [-0.4, -0.2) is 19.2 Å². The Kier molecular flexibility index (Phi) is 2.16. The Labute approximate surface area is 99.5 Å². The number of fused-ring (bicyclic) bond motifs is 2. The molecule has 3 rings (SSSR count). The third-order valence-corrected chi connectivity index (χ3v) is 3.39. The first-order chi connectivity index (χ1) is 8.16. The molecule has 2 heterocycles. The number of hydrogen-bond acceptors (Lipinski definition) is 4. The second kappa shape index (κ2) is 3.47. The molecule has 4 heteroatoms. The maximum Gasteiger partial charge on any atom is 0.345 e. The van der Waals surface area contributed by atoms with Crippen LogP contribution in [0.25, 0.3) is 0 Å². The zero-order valence-electron chi connectivity index (χ0n) is 9.86. The van der Waals surface area contributed by atoms with E-state index in [0.717, 1.165) is 12.0 Å². The van der Waals surface area contributed by atoms with Gasteiger partial charge in [0.05, 0.1) is 13.2 Å². The number of ether oxygens (including phenoxy) is 3. The van der Waals surface area contributed by atoms with E-state index in [0.29, 0.717) is 17.7 Å². The fourth-order valence-electron chi connectivity index (χ4n) is 2.59. The van der Waals surface area contributed by atoms with Gasteiger partial charge in [-0.3, -0.25) is 0 Å². The molecular formula is C13H14O4. The van der Waals surface area contributed by atoms with Gasteiger partial charge in [0.1, 0.15) is 11.3 Å². The topological polar surface area (TPSA) is 44.8 Å². The van der Waals surface area contributed by atoms with Crippen LogP contribution >= 0.6 is 0 Å². The predicted octanol–water partition coefficient (Wildman–Crippen LogP) is 2.22. The van der Waals surface area contributed by atoms with Crippen molar-refractivity contribution >= 4 is 5.97 Å². The van der Waals surface area contributed by atoms with Gasteiger partial charge in [0.2, 0.25) is 5.79 Å². The molecule has 0 aromatic heterocycles. The molecule has 1 aromatic carbocycles. The summed E-state index contributed by atoms with van der Waals surface area (Å²) in [6.45, 7) is 1.99. The Morgan fingerprint density at radius 1 is 1.47 bits per heavy atom. The standard InChI is InChI=1S/C13H14O4/c1-8-6-7-13(16-8)9-4-3-5-10(15-2)11(9)12(14)17-13/h3-5,8H,6-7H2,1-2H3. The molecule has 1 fully saturated rings. The molecule has 1 aromatic rings. The minimum Gasteiger partial charge on any atom is -0.496 e. The van der Waals surface area contributed by atoms with E-state index in [9.17, 15) is 4.79 Å². The molecule has 1 spiro atoms. The molecule has 0 radical (unpaired) electrons. The molecule has 0 amide bonds. The Balaban J connectivity index is 2.14.